The minimum absolute atomic E-state index is 0.235. The molecule has 1 saturated carbocycles. The number of hydrogen-bond acceptors (Lipinski definition) is 2. The van der Waals surface area contributed by atoms with Gasteiger partial charge < -0.3 is 9.31 Å². The Morgan fingerprint density at radius 1 is 0.962 bits per heavy atom. The van der Waals surface area contributed by atoms with Gasteiger partial charge in [0.25, 0.3) is 0 Å². The van der Waals surface area contributed by atoms with Crippen molar-refractivity contribution < 1.29 is 9.31 Å². The van der Waals surface area contributed by atoms with Gasteiger partial charge in [-0.15, -0.1) is 0 Å². The topological polar surface area (TPSA) is 18.5 Å². The summed E-state index contributed by atoms with van der Waals surface area (Å²) in [6.07, 6.45) is 13.0. The number of rotatable bonds is 5. The summed E-state index contributed by atoms with van der Waals surface area (Å²) in [6, 6.07) is 10.7. The van der Waals surface area contributed by atoms with Crippen LogP contribution >= 0.6 is 0 Å². The van der Waals surface area contributed by atoms with Crippen LogP contribution in [-0.4, -0.2) is 18.3 Å². The molecule has 140 valence electrons. The zero-order chi connectivity index (χ0) is 18.6. The summed E-state index contributed by atoms with van der Waals surface area (Å²) >= 11 is 0. The highest BCUT2D eigenvalue weighted by Crippen LogP contribution is 2.40. The fraction of sp³-hybridized carbons (Fsp3) is 0.565. The second-order valence-corrected chi connectivity index (χ2v) is 8.63. The van der Waals surface area contributed by atoms with Crippen molar-refractivity contribution in [3.63, 3.8) is 0 Å². The van der Waals surface area contributed by atoms with E-state index >= 15 is 0 Å². The summed E-state index contributed by atoms with van der Waals surface area (Å²) in [6.45, 7) is 8.54. The second-order valence-electron chi connectivity index (χ2n) is 8.63. The molecule has 0 aromatic heterocycles. The van der Waals surface area contributed by atoms with Crippen LogP contribution in [0.15, 0.2) is 53.5 Å². The van der Waals surface area contributed by atoms with Gasteiger partial charge in [0, 0.05) is 0 Å². The van der Waals surface area contributed by atoms with E-state index in [0.717, 1.165) is 12.8 Å². The van der Waals surface area contributed by atoms with Crippen molar-refractivity contribution in [1.82, 2.24) is 0 Å². The van der Waals surface area contributed by atoms with Gasteiger partial charge in [0.2, 0.25) is 0 Å². The molecule has 1 aromatic carbocycles. The molecule has 3 rings (SSSR count). The van der Waals surface area contributed by atoms with Crippen LogP contribution in [0.2, 0.25) is 0 Å². The first kappa shape index (κ1) is 19.4. The molecule has 1 heterocycles. The lowest BCUT2D eigenvalue weighted by Crippen LogP contribution is -2.41. The normalized spacial score (nSPS) is 22.2. The highest BCUT2D eigenvalue weighted by atomic mass is 16.7. The van der Waals surface area contributed by atoms with Gasteiger partial charge in [-0.25, -0.2) is 0 Å². The fourth-order valence-electron chi connectivity index (χ4n) is 3.71. The third-order valence-electron chi connectivity index (χ3n) is 6.11. The summed E-state index contributed by atoms with van der Waals surface area (Å²) in [5, 5.41) is 0. The van der Waals surface area contributed by atoms with Gasteiger partial charge >= 0.3 is 7.12 Å². The van der Waals surface area contributed by atoms with Gasteiger partial charge in [-0.3, -0.25) is 0 Å². The summed E-state index contributed by atoms with van der Waals surface area (Å²) in [4.78, 5) is 0. The molecule has 1 saturated heterocycles. The van der Waals surface area contributed by atoms with Gasteiger partial charge in [-0.1, -0.05) is 54.5 Å². The average molecular weight is 352 g/mol. The molecular weight excluding hydrogens is 319 g/mol. The molecule has 0 radical (unpaired) electrons. The van der Waals surface area contributed by atoms with Crippen LogP contribution in [-0.2, 0) is 15.7 Å². The molecule has 3 heteroatoms. The maximum atomic E-state index is 6.36. The van der Waals surface area contributed by atoms with Gasteiger partial charge in [0.1, 0.15) is 0 Å². The van der Waals surface area contributed by atoms with E-state index in [1.165, 1.54) is 48.7 Å². The van der Waals surface area contributed by atoms with Crippen molar-refractivity contribution >= 4 is 7.12 Å². The molecule has 0 spiro atoms. The number of aryl methyl sites for hydroxylation is 1. The molecule has 0 N–H and O–H groups in total. The lowest BCUT2D eigenvalue weighted by molar-refractivity contribution is 0.00578. The van der Waals surface area contributed by atoms with E-state index in [-0.39, 0.29) is 18.3 Å². The Bertz CT molecular complexity index is 634. The summed E-state index contributed by atoms with van der Waals surface area (Å²) < 4.78 is 12.7. The Hall–Kier alpha value is -1.32. The highest BCUT2D eigenvalue weighted by Gasteiger charge is 2.52. The van der Waals surface area contributed by atoms with E-state index < -0.39 is 0 Å². The molecule has 0 atom stereocenters. The second kappa shape index (κ2) is 8.14. The third kappa shape index (κ3) is 4.50. The summed E-state index contributed by atoms with van der Waals surface area (Å²) in [7, 11) is -0.235. The first-order valence-electron chi connectivity index (χ1n) is 10.2. The van der Waals surface area contributed by atoms with E-state index in [4.69, 9.17) is 9.31 Å². The SMILES string of the molecule is CC1(C)OB(C(/C=C/CCc2ccccc2)=C2CCCCC2)OC1(C)C. The van der Waals surface area contributed by atoms with Crippen molar-refractivity contribution in [1.29, 1.82) is 0 Å². The summed E-state index contributed by atoms with van der Waals surface area (Å²) in [5.41, 5.74) is 3.63. The van der Waals surface area contributed by atoms with E-state index in [2.05, 4.69) is 70.2 Å². The third-order valence-corrected chi connectivity index (χ3v) is 6.11. The van der Waals surface area contributed by atoms with Crippen LogP contribution in [0.4, 0.5) is 0 Å². The first-order valence-corrected chi connectivity index (χ1v) is 10.2. The minimum atomic E-state index is -0.282. The smallest absolute Gasteiger partial charge is 0.399 e. The van der Waals surface area contributed by atoms with E-state index in [1.54, 1.807) is 0 Å². The largest absolute Gasteiger partial charge is 0.494 e. The van der Waals surface area contributed by atoms with Crippen molar-refractivity contribution in [3.05, 3.63) is 59.1 Å². The predicted molar refractivity (Wildman–Crippen MR) is 110 cm³/mol. The number of benzene rings is 1. The van der Waals surface area contributed by atoms with Gasteiger partial charge in [-0.2, -0.15) is 0 Å². The quantitative estimate of drug-likeness (QED) is 0.599. The Morgan fingerprint density at radius 2 is 1.58 bits per heavy atom. The van der Waals surface area contributed by atoms with Gasteiger partial charge in [0.05, 0.1) is 11.2 Å². The zero-order valence-corrected chi connectivity index (χ0v) is 16.9. The van der Waals surface area contributed by atoms with Crippen molar-refractivity contribution in [2.24, 2.45) is 0 Å². The molecule has 1 aliphatic heterocycles. The van der Waals surface area contributed by atoms with E-state index in [9.17, 15) is 0 Å². The Balaban J connectivity index is 1.73. The molecule has 0 unspecified atom stereocenters. The standard InChI is InChI=1S/C23H33BO2/c1-22(2)23(3,4)26-24(25-22)21(20-16-9-6-10-17-20)18-12-11-15-19-13-7-5-8-14-19/h5,7-8,12-14,18H,6,9-11,15-17H2,1-4H3/b18-12+. The highest BCUT2D eigenvalue weighted by molar-refractivity contribution is 6.55. The maximum absolute atomic E-state index is 6.36. The summed E-state index contributed by atoms with van der Waals surface area (Å²) in [5.74, 6) is 0. The zero-order valence-electron chi connectivity index (χ0n) is 16.9. The fourth-order valence-corrected chi connectivity index (χ4v) is 3.71. The van der Waals surface area contributed by atoms with Crippen LogP contribution in [0, 0.1) is 0 Å². The van der Waals surface area contributed by atoms with E-state index in [0.29, 0.717) is 0 Å². The Labute approximate surface area is 159 Å². The van der Waals surface area contributed by atoms with Gasteiger partial charge in [-0.05, 0) is 77.3 Å². The maximum Gasteiger partial charge on any atom is 0.494 e. The number of hydrogen-bond donors (Lipinski definition) is 0. The van der Waals surface area contributed by atoms with Crippen molar-refractivity contribution in [2.75, 3.05) is 0 Å². The minimum Gasteiger partial charge on any atom is -0.399 e. The molecule has 2 nitrogen and oxygen atoms in total. The van der Waals surface area contributed by atoms with Crippen molar-refractivity contribution in [3.8, 4) is 0 Å². The lowest BCUT2D eigenvalue weighted by atomic mass is 9.71. The van der Waals surface area contributed by atoms with Crippen LogP contribution in [0.3, 0.4) is 0 Å². The van der Waals surface area contributed by atoms with Crippen LogP contribution in [0.5, 0.6) is 0 Å². The molecule has 1 aromatic rings. The predicted octanol–water partition coefficient (Wildman–Crippen LogP) is 6.07. The molecule has 2 fully saturated rings. The molecule has 1 aliphatic carbocycles. The first-order chi connectivity index (χ1) is 12.4. The van der Waals surface area contributed by atoms with Gasteiger partial charge in [0.15, 0.2) is 0 Å². The van der Waals surface area contributed by atoms with Crippen molar-refractivity contribution in [2.45, 2.75) is 83.8 Å². The molecule has 0 amide bonds. The molecule has 26 heavy (non-hydrogen) atoms. The van der Waals surface area contributed by atoms with E-state index in [1.807, 2.05) is 0 Å². The van der Waals surface area contributed by atoms with Crippen LogP contribution in [0.25, 0.3) is 0 Å². The average Bonchev–Trinajstić information content (AvgIpc) is 2.84. The molecule has 2 aliphatic rings. The Kier molecular flexibility index (Phi) is 6.09. The monoisotopic (exact) mass is 352 g/mol. The van der Waals surface area contributed by atoms with Crippen LogP contribution < -0.4 is 0 Å². The lowest BCUT2D eigenvalue weighted by Gasteiger charge is -2.32. The molecular formula is C23H33BO2. The Morgan fingerprint density at radius 3 is 2.19 bits per heavy atom. The van der Waals surface area contributed by atoms with Crippen LogP contribution in [0.1, 0.15) is 71.8 Å². The molecule has 0 bridgehead atoms. The number of allylic oxidation sites excluding steroid dienone is 4.